The number of carbonyl (C=O) groups is 2. The normalized spacial score (nSPS) is 6.47. The third-order valence-corrected chi connectivity index (χ3v) is 1.000. The van der Waals surface area contributed by atoms with Crippen LogP contribution in [0.1, 0.15) is 60.3 Å². The van der Waals surface area contributed by atoms with Crippen molar-refractivity contribution < 1.29 is 9.59 Å². The van der Waals surface area contributed by atoms with E-state index in [0.29, 0.717) is 0 Å². The maximum atomic E-state index is 9.22. The van der Waals surface area contributed by atoms with Crippen LogP contribution in [-0.2, 0) is 9.59 Å². The molecule has 0 saturated carbocycles. The van der Waals surface area contributed by atoms with Crippen LogP contribution in [0.5, 0.6) is 0 Å². The summed E-state index contributed by atoms with van der Waals surface area (Å²) in [6, 6.07) is 0. The van der Waals surface area contributed by atoms with E-state index in [1.165, 1.54) is 32.6 Å². The van der Waals surface area contributed by atoms with Gasteiger partial charge in [-0.2, -0.15) is 0 Å². The quantitative estimate of drug-likeness (QED) is 0.699. The second kappa shape index (κ2) is 38.3. The third kappa shape index (κ3) is 1750. The van der Waals surface area contributed by atoms with Gasteiger partial charge in [0.05, 0.1) is 0 Å². The molecule has 0 rings (SSSR count). The molecule has 0 aliphatic rings. The first kappa shape index (κ1) is 23.6. The van der Waals surface area contributed by atoms with Crippen LogP contribution >= 0.6 is 0 Å². The maximum absolute atomic E-state index is 9.22. The van der Waals surface area contributed by atoms with Gasteiger partial charge in [0.15, 0.2) is 0 Å². The molecule has 0 radical (unpaired) electrons. The zero-order chi connectivity index (χ0) is 13.1. The van der Waals surface area contributed by atoms with Crippen LogP contribution in [-0.4, -0.2) is 12.3 Å². The van der Waals surface area contributed by atoms with E-state index in [2.05, 4.69) is 39.2 Å². The number of hydrogen-bond acceptors (Lipinski definition) is 2. The van der Waals surface area contributed by atoms with Gasteiger partial charge in [-0.15, -0.1) is 0 Å². The summed E-state index contributed by atoms with van der Waals surface area (Å²) in [7, 11) is 0. The maximum Gasteiger partial charge on any atom is 0.214 e. The number of hydrogen-bond donors (Lipinski definition) is 2. The zero-order valence-electron chi connectivity index (χ0n) is 10.9. The van der Waals surface area contributed by atoms with Crippen molar-refractivity contribution in [2.75, 3.05) is 0 Å². The van der Waals surface area contributed by atoms with Crippen molar-refractivity contribution in [3.8, 4) is 0 Å². The second-order valence-electron chi connectivity index (χ2n) is 2.75. The van der Waals surface area contributed by atoms with Crippen molar-refractivity contribution in [3.05, 3.63) is 0 Å². The molecule has 0 aliphatic heterocycles. The van der Waals surface area contributed by atoms with Crippen LogP contribution in [0.3, 0.4) is 0 Å². The smallest absolute Gasteiger partial charge is 0.214 e. The van der Waals surface area contributed by atoms with Crippen LogP contribution in [0.2, 0.25) is 0 Å². The van der Waals surface area contributed by atoms with Crippen molar-refractivity contribution in [3.63, 3.8) is 0 Å². The number of nitrogens with two attached hydrogens (primary N) is 2. The van der Waals surface area contributed by atoms with E-state index < -0.39 is 0 Å². The molecule has 0 saturated heterocycles. The van der Waals surface area contributed by atoms with Crippen molar-refractivity contribution in [2.45, 2.75) is 60.3 Å². The monoisotopic (exact) mass is 220 g/mol. The molecule has 0 aliphatic carbocycles. The molecule has 4 nitrogen and oxygen atoms in total. The highest BCUT2D eigenvalue weighted by atomic mass is 16.1. The van der Waals surface area contributed by atoms with Gasteiger partial charge in [-0.1, -0.05) is 53.4 Å². The SMILES string of the molecule is CC(N)=O.CCCC.CCCC.NC=O. The Kier molecular flexibility index (Phi) is 60.3. The average molecular weight is 220 g/mol. The lowest BCUT2D eigenvalue weighted by Crippen LogP contribution is -2.01. The van der Waals surface area contributed by atoms with E-state index in [1.54, 1.807) is 0 Å². The summed E-state index contributed by atoms with van der Waals surface area (Å²) >= 11 is 0. The molecular weight excluding hydrogens is 192 g/mol. The van der Waals surface area contributed by atoms with Gasteiger partial charge in [0.1, 0.15) is 0 Å². The van der Waals surface area contributed by atoms with Gasteiger partial charge < -0.3 is 11.5 Å². The highest BCUT2D eigenvalue weighted by Crippen LogP contribution is 1.77. The summed E-state index contributed by atoms with van der Waals surface area (Å²) in [6.45, 7) is 10.0. The first-order valence-corrected chi connectivity index (χ1v) is 5.39. The molecule has 0 aromatic carbocycles. The summed E-state index contributed by atoms with van der Waals surface area (Å²) in [5.74, 6) is -0.333. The van der Waals surface area contributed by atoms with E-state index in [4.69, 9.17) is 4.79 Å². The van der Waals surface area contributed by atoms with Crippen LogP contribution in [0.15, 0.2) is 0 Å². The lowest BCUT2D eigenvalue weighted by atomic mass is 10.4. The summed E-state index contributed by atoms with van der Waals surface area (Å²) in [5.41, 5.74) is 8.64. The van der Waals surface area contributed by atoms with Crippen molar-refractivity contribution in [1.82, 2.24) is 0 Å². The van der Waals surface area contributed by atoms with Gasteiger partial charge in [0.2, 0.25) is 12.3 Å². The first-order chi connectivity index (χ1) is 6.97. The van der Waals surface area contributed by atoms with E-state index in [1.807, 2.05) is 0 Å². The largest absolute Gasteiger partial charge is 0.372 e. The van der Waals surface area contributed by atoms with Crippen molar-refractivity contribution in [2.24, 2.45) is 11.5 Å². The molecule has 15 heavy (non-hydrogen) atoms. The average Bonchev–Trinajstić information content (AvgIpc) is 2.18. The molecule has 4 N–H and O–H groups in total. The highest BCUT2D eigenvalue weighted by Gasteiger charge is 1.61. The molecule has 4 heteroatoms. The summed E-state index contributed by atoms with van der Waals surface area (Å²) in [4.78, 5) is 17.8. The van der Waals surface area contributed by atoms with E-state index in [0.717, 1.165) is 0 Å². The second-order valence-corrected chi connectivity index (χ2v) is 2.75. The molecule has 0 heterocycles. The van der Waals surface area contributed by atoms with Crippen LogP contribution in [0, 0.1) is 0 Å². The Morgan fingerprint density at radius 2 is 1.07 bits per heavy atom. The summed E-state index contributed by atoms with van der Waals surface area (Å²) < 4.78 is 0. The molecule has 2 amide bonds. The number of rotatable bonds is 2. The molecule has 0 spiro atoms. The number of amides is 2. The number of carbonyl (C=O) groups excluding carboxylic acids is 2. The van der Waals surface area contributed by atoms with E-state index >= 15 is 0 Å². The minimum absolute atomic E-state index is 0.250. The third-order valence-electron chi connectivity index (χ3n) is 1.000. The molecule has 0 aromatic rings. The van der Waals surface area contributed by atoms with E-state index in [9.17, 15) is 4.79 Å². The Bertz CT molecular complexity index is 94.8. The Morgan fingerprint density at radius 1 is 1.00 bits per heavy atom. The Balaban J connectivity index is -0.0000000542. The summed E-state index contributed by atoms with van der Waals surface area (Å²) in [5, 5.41) is 0. The van der Waals surface area contributed by atoms with Crippen molar-refractivity contribution >= 4 is 12.3 Å². The van der Waals surface area contributed by atoms with Crippen LogP contribution < -0.4 is 11.5 Å². The predicted octanol–water partition coefficient (Wildman–Crippen LogP) is 2.21. The van der Waals surface area contributed by atoms with Gasteiger partial charge in [-0.3, -0.25) is 9.59 Å². The van der Waals surface area contributed by atoms with Gasteiger partial charge in [0.25, 0.3) is 0 Å². The predicted molar refractivity (Wildman–Crippen MR) is 66.3 cm³/mol. The lowest BCUT2D eigenvalue weighted by molar-refractivity contribution is -0.116. The highest BCUT2D eigenvalue weighted by molar-refractivity contribution is 5.70. The summed E-state index contributed by atoms with van der Waals surface area (Å²) in [6.07, 6.45) is 5.53. The fourth-order valence-corrected chi connectivity index (χ4v) is 0. The van der Waals surface area contributed by atoms with Crippen molar-refractivity contribution in [1.29, 1.82) is 0 Å². The molecule has 94 valence electrons. The number of unbranched alkanes of at least 4 members (excludes halogenated alkanes) is 2. The molecule has 0 bridgehead atoms. The van der Waals surface area contributed by atoms with Gasteiger partial charge >= 0.3 is 0 Å². The van der Waals surface area contributed by atoms with Crippen LogP contribution in [0.25, 0.3) is 0 Å². The first-order valence-electron chi connectivity index (χ1n) is 5.39. The van der Waals surface area contributed by atoms with Gasteiger partial charge in [-0.25, -0.2) is 0 Å². The molecule has 0 unspecified atom stereocenters. The molecule has 0 fully saturated rings. The Hall–Kier alpha value is -1.06. The number of primary amides is 2. The minimum Gasteiger partial charge on any atom is -0.372 e. The van der Waals surface area contributed by atoms with Gasteiger partial charge in [0, 0.05) is 6.92 Å². The van der Waals surface area contributed by atoms with Crippen LogP contribution in [0.4, 0.5) is 0 Å². The topological polar surface area (TPSA) is 86.2 Å². The van der Waals surface area contributed by atoms with E-state index in [-0.39, 0.29) is 12.3 Å². The fraction of sp³-hybridized carbons (Fsp3) is 0.818. The lowest BCUT2D eigenvalue weighted by Gasteiger charge is -1.68. The zero-order valence-corrected chi connectivity index (χ0v) is 10.9. The Morgan fingerprint density at radius 3 is 1.07 bits per heavy atom. The fourth-order valence-electron chi connectivity index (χ4n) is 0. The standard InChI is InChI=1S/2C4H10.C2H5NO.CH3NO/c2*1-3-4-2;1-2(3)4;2-1-3/h2*3-4H2,1-2H3;1H3,(H2,3,4);1H,(H2,2,3). The Labute approximate surface area is 94.4 Å². The minimum atomic E-state index is -0.333. The van der Waals surface area contributed by atoms with Gasteiger partial charge in [-0.05, 0) is 0 Å². The molecule has 0 atom stereocenters. The molecular formula is C11H28N2O2. The molecule has 0 aromatic heterocycles.